The summed E-state index contributed by atoms with van der Waals surface area (Å²) in [6, 6.07) is 5.45. The number of carbonyl (C=O) groups excluding carboxylic acids is 1. The molecule has 6 heteroatoms. The van der Waals surface area contributed by atoms with Crippen molar-refractivity contribution in [1.29, 1.82) is 0 Å². The molecule has 128 valence electrons. The molecule has 0 saturated carbocycles. The molecule has 0 unspecified atom stereocenters. The zero-order valence-corrected chi connectivity index (χ0v) is 14.2. The van der Waals surface area contributed by atoms with Crippen LogP contribution in [-0.4, -0.2) is 48.7 Å². The van der Waals surface area contributed by atoms with Gasteiger partial charge in [0.2, 0.25) is 5.91 Å². The number of carboxylic acids is 1. The highest BCUT2D eigenvalue weighted by atomic mass is 16.5. The fourth-order valence-electron chi connectivity index (χ4n) is 2.34. The van der Waals surface area contributed by atoms with Gasteiger partial charge in [-0.1, -0.05) is 6.07 Å². The van der Waals surface area contributed by atoms with E-state index in [1.165, 1.54) is 4.90 Å². The summed E-state index contributed by atoms with van der Waals surface area (Å²) in [4.78, 5) is 24.4. The van der Waals surface area contributed by atoms with Crippen LogP contribution < -0.4 is 9.47 Å². The number of amides is 1. The lowest BCUT2D eigenvalue weighted by atomic mass is 10.1. The van der Waals surface area contributed by atoms with E-state index < -0.39 is 5.97 Å². The molecule has 0 bridgehead atoms. The SMILES string of the molecule is COc1ccc(CCCC(=O)N(CC(=O)O)C(C)C)c(OC)c1. The Balaban J connectivity index is 2.62. The maximum Gasteiger partial charge on any atom is 0.323 e. The molecule has 1 rings (SSSR count). The number of ether oxygens (including phenoxy) is 2. The molecule has 1 amide bonds. The van der Waals surface area contributed by atoms with Gasteiger partial charge in [0.05, 0.1) is 14.2 Å². The van der Waals surface area contributed by atoms with Crippen molar-refractivity contribution in [3.8, 4) is 11.5 Å². The molecule has 1 aromatic carbocycles. The van der Waals surface area contributed by atoms with Gasteiger partial charge in [0.1, 0.15) is 18.0 Å². The Hall–Kier alpha value is -2.24. The van der Waals surface area contributed by atoms with E-state index in [0.717, 1.165) is 11.3 Å². The van der Waals surface area contributed by atoms with Crippen molar-refractivity contribution in [3.05, 3.63) is 23.8 Å². The summed E-state index contributed by atoms with van der Waals surface area (Å²) >= 11 is 0. The highest BCUT2D eigenvalue weighted by Crippen LogP contribution is 2.26. The summed E-state index contributed by atoms with van der Waals surface area (Å²) in [7, 11) is 3.19. The third-order valence-electron chi connectivity index (χ3n) is 3.58. The lowest BCUT2D eigenvalue weighted by Gasteiger charge is -2.25. The summed E-state index contributed by atoms with van der Waals surface area (Å²) in [5.74, 6) is 0.302. The fraction of sp³-hybridized carbons (Fsp3) is 0.529. The first-order chi connectivity index (χ1) is 10.9. The van der Waals surface area contributed by atoms with Gasteiger partial charge in [0.25, 0.3) is 0 Å². The van der Waals surface area contributed by atoms with Crippen LogP contribution in [0.2, 0.25) is 0 Å². The maximum absolute atomic E-state index is 12.2. The van der Waals surface area contributed by atoms with Crippen molar-refractivity contribution in [3.63, 3.8) is 0 Å². The van der Waals surface area contributed by atoms with Crippen LogP contribution in [0.1, 0.15) is 32.3 Å². The number of carbonyl (C=O) groups is 2. The Morgan fingerprint density at radius 2 is 1.91 bits per heavy atom. The molecule has 0 aliphatic rings. The summed E-state index contributed by atoms with van der Waals surface area (Å²) in [5.41, 5.74) is 0.996. The molecular weight excluding hydrogens is 298 g/mol. The van der Waals surface area contributed by atoms with Gasteiger partial charge in [-0.3, -0.25) is 9.59 Å². The van der Waals surface area contributed by atoms with E-state index in [1.54, 1.807) is 14.2 Å². The van der Waals surface area contributed by atoms with Crippen LogP contribution in [0.3, 0.4) is 0 Å². The monoisotopic (exact) mass is 323 g/mol. The van der Waals surface area contributed by atoms with Gasteiger partial charge >= 0.3 is 5.97 Å². The molecule has 23 heavy (non-hydrogen) atoms. The molecule has 0 fully saturated rings. The summed E-state index contributed by atoms with van der Waals surface area (Å²) in [5, 5.41) is 8.88. The highest BCUT2D eigenvalue weighted by Gasteiger charge is 2.19. The number of aliphatic carboxylic acids is 1. The second-order valence-corrected chi connectivity index (χ2v) is 5.54. The smallest absolute Gasteiger partial charge is 0.323 e. The van der Waals surface area contributed by atoms with Crippen LogP contribution in [0.4, 0.5) is 0 Å². The number of aryl methyl sites for hydroxylation is 1. The summed E-state index contributed by atoms with van der Waals surface area (Å²) < 4.78 is 10.5. The maximum atomic E-state index is 12.2. The van der Waals surface area contributed by atoms with Crippen molar-refractivity contribution < 1.29 is 24.2 Å². The fourth-order valence-corrected chi connectivity index (χ4v) is 2.34. The molecule has 6 nitrogen and oxygen atoms in total. The van der Waals surface area contributed by atoms with Crippen LogP contribution >= 0.6 is 0 Å². The molecule has 0 aliphatic heterocycles. The lowest BCUT2D eigenvalue weighted by molar-refractivity contribution is -0.145. The van der Waals surface area contributed by atoms with Crippen LogP contribution in [0, 0.1) is 0 Å². The first-order valence-corrected chi connectivity index (χ1v) is 7.61. The van der Waals surface area contributed by atoms with Gasteiger partial charge in [-0.25, -0.2) is 0 Å². The standard InChI is InChI=1S/C17H25NO5/c1-12(2)18(11-17(20)21)16(19)7-5-6-13-8-9-14(22-3)10-15(13)23-4/h8-10,12H,5-7,11H2,1-4H3,(H,20,21). The molecule has 0 spiro atoms. The van der Waals surface area contributed by atoms with Gasteiger partial charge in [-0.05, 0) is 38.3 Å². The Morgan fingerprint density at radius 1 is 1.22 bits per heavy atom. The van der Waals surface area contributed by atoms with Gasteiger partial charge in [0.15, 0.2) is 0 Å². The van der Waals surface area contributed by atoms with Crippen molar-refractivity contribution in [1.82, 2.24) is 4.90 Å². The third-order valence-corrected chi connectivity index (χ3v) is 3.58. The van der Waals surface area contributed by atoms with E-state index in [9.17, 15) is 9.59 Å². The number of nitrogens with zero attached hydrogens (tertiary/aromatic N) is 1. The van der Waals surface area contributed by atoms with Gasteiger partial charge in [0, 0.05) is 18.5 Å². The molecule has 1 N–H and O–H groups in total. The van der Waals surface area contributed by atoms with Crippen LogP contribution in [-0.2, 0) is 16.0 Å². The highest BCUT2D eigenvalue weighted by molar-refractivity contribution is 5.81. The number of hydrogen-bond donors (Lipinski definition) is 1. The normalized spacial score (nSPS) is 10.5. The summed E-state index contributed by atoms with van der Waals surface area (Å²) in [6.07, 6.45) is 1.61. The first-order valence-electron chi connectivity index (χ1n) is 7.61. The van der Waals surface area contributed by atoms with E-state index in [-0.39, 0.29) is 18.5 Å². The molecule has 1 aromatic rings. The van der Waals surface area contributed by atoms with Gasteiger partial charge < -0.3 is 19.5 Å². The number of rotatable bonds is 9. The molecule has 0 heterocycles. The Bertz CT molecular complexity index is 542. The second kappa shape index (κ2) is 9.02. The van der Waals surface area contributed by atoms with E-state index in [2.05, 4.69) is 0 Å². The molecule has 0 radical (unpaired) electrons. The predicted molar refractivity (Wildman–Crippen MR) is 87.0 cm³/mol. The summed E-state index contributed by atoms with van der Waals surface area (Å²) in [6.45, 7) is 3.36. The largest absolute Gasteiger partial charge is 0.497 e. The predicted octanol–water partition coefficient (Wildman–Crippen LogP) is 2.35. The quantitative estimate of drug-likeness (QED) is 0.755. The van der Waals surface area contributed by atoms with Crippen molar-refractivity contribution in [2.45, 2.75) is 39.2 Å². The van der Waals surface area contributed by atoms with E-state index in [0.29, 0.717) is 25.0 Å². The van der Waals surface area contributed by atoms with E-state index in [1.807, 2.05) is 32.0 Å². The molecule has 0 aromatic heterocycles. The average molecular weight is 323 g/mol. The van der Waals surface area contributed by atoms with Gasteiger partial charge in [-0.2, -0.15) is 0 Å². The zero-order valence-electron chi connectivity index (χ0n) is 14.2. The minimum Gasteiger partial charge on any atom is -0.497 e. The van der Waals surface area contributed by atoms with Gasteiger partial charge in [-0.15, -0.1) is 0 Å². The minimum atomic E-state index is -0.996. The molecular formula is C17H25NO5. The van der Waals surface area contributed by atoms with Crippen LogP contribution in [0.25, 0.3) is 0 Å². The van der Waals surface area contributed by atoms with E-state index in [4.69, 9.17) is 14.6 Å². The minimum absolute atomic E-state index is 0.130. The topological polar surface area (TPSA) is 76.1 Å². The molecule has 0 atom stereocenters. The Morgan fingerprint density at radius 3 is 2.43 bits per heavy atom. The van der Waals surface area contributed by atoms with Crippen molar-refractivity contribution in [2.75, 3.05) is 20.8 Å². The second-order valence-electron chi connectivity index (χ2n) is 5.54. The molecule has 0 aliphatic carbocycles. The van der Waals surface area contributed by atoms with Crippen molar-refractivity contribution >= 4 is 11.9 Å². The lowest BCUT2D eigenvalue weighted by Crippen LogP contribution is -2.40. The molecule has 0 saturated heterocycles. The third kappa shape index (κ3) is 5.81. The van der Waals surface area contributed by atoms with Crippen LogP contribution in [0.5, 0.6) is 11.5 Å². The Labute approximate surface area is 137 Å². The van der Waals surface area contributed by atoms with E-state index >= 15 is 0 Å². The first kappa shape index (κ1) is 18.8. The number of benzene rings is 1. The number of methoxy groups -OCH3 is 2. The van der Waals surface area contributed by atoms with Crippen molar-refractivity contribution in [2.24, 2.45) is 0 Å². The van der Waals surface area contributed by atoms with Crippen LogP contribution in [0.15, 0.2) is 18.2 Å². The Kier molecular flexibility index (Phi) is 7.38. The number of carboxylic acid groups (broad SMARTS) is 1. The average Bonchev–Trinajstić information content (AvgIpc) is 2.52. The number of hydrogen-bond acceptors (Lipinski definition) is 4. The zero-order chi connectivity index (χ0) is 17.4.